The largest absolute Gasteiger partial charge is 0.388 e. The van der Waals surface area contributed by atoms with Gasteiger partial charge in [-0.1, -0.05) is 6.42 Å². The van der Waals surface area contributed by atoms with Gasteiger partial charge < -0.3 is 15.2 Å². The molecule has 2 N–H and O–H groups in total. The van der Waals surface area contributed by atoms with Gasteiger partial charge in [0.05, 0.1) is 11.7 Å². The predicted octanol–water partition coefficient (Wildman–Crippen LogP) is 1.79. The molecule has 3 aliphatic rings. The highest BCUT2D eigenvalue weighted by molar-refractivity contribution is 7.99. The highest BCUT2D eigenvalue weighted by atomic mass is 32.2. The van der Waals surface area contributed by atoms with E-state index in [9.17, 15) is 5.11 Å². The van der Waals surface area contributed by atoms with Crippen LogP contribution in [0.1, 0.15) is 39.0 Å². The predicted molar refractivity (Wildman–Crippen MR) is 75.0 cm³/mol. The van der Waals surface area contributed by atoms with E-state index in [0.717, 1.165) is 37.5 Å². The van der Waals surface area contributed by atoms with Crippen molar-refractivity contribution < 1.29 is 9.84 Å². The maximum absolute atomic E-state index is 10.4. The average Bonchev–Trinajstić information content (AvgIpc) is 2.67. The van der Waals surface area contributed by atoms with E-state index in [4.69, 9.17) is 4.74 Å². The lowest BCUT2D eigenvalue weighted by molar-refractivity contribution is -0.174. The van der Waals surface area contributed by atoms with Crippen molar-refractivity contribution in [3.63, 3.8) is 0 Å². The van der Waals surface area contributed by atoms with Gasteiger partial charge in [0.15, 0.2) is 0 Å². The summed E-state index contributed by atoms with van der Waals surface area (Å²) in [7, 11) is 0. The van der Waals surface area contributed by atoms with Gasteiger partial charge in [-0.15, -0.1) is 0 Å². The first-order valence-electron chi connectivity index (χ1n) is 7.34. The van der Waals surface area contributed by atoms with Crippen LogP contribution in [0, 0.1) is 5.41 Å². The van der Waals surface area contributed by atoms with Crippen LogP contribution in [0.2, 0.25) is 0 Å². The number of rotatable bonds is 5. The Morgan fingerprint density at radius 2 is 2.22 bits per heavy atom. The third-order valence-corrected chi connectivity index (χ3v) is 6.43. The first-order valence-corrected chi connectivity index (χ1v) is 8.49. The fourth-order valence-corrected chi connectivity index (χ4v) is 5.07. The lowest BCUT2D eigenvalue weighted by Crippen LogP contribution is -2.68. The number of hydrogen-bond acceptors (Lipinski definition) is 4. The van der Waals surface area contributed by atoms with Crippen LogP contribution < -0.4 is 5.32 Å². The fourth-order valence-electron chi connectivity index (χ4n) is 3.77. The van der Waals surface area contributed by atoms with E-state index in [1.807, 2.05) is 11.8 Å². The van der Waals surface area contributed by atoms with Gasteiger partial charge in [0.1, 0.15) is 0 Å². The smallest absolute Gasteiger partial charge is 0.0869 e. The zero-order valence-electron chi connectivity index (χ0n) is 11.3. The third kappa shape index (κ3) is 2.11. The molecular weight excluding hydrogens is 246 g/mol. The molecule has 3 atom stereocenters. The van der Waals surface area contributed by atoms with Gasteiger partial charge in [0.25, 0.3) is 0 Å². The molecule has 3 rings (SSSR count). The third-order valence-electron chi connectivity index (χ3n) is 5.20. The van der Waals surface area contributed by atoms with Gasteiger partial charge in [0, 0.05) is 30.4 Å². The van der Waals surface area contributed by atoms with E-state index >= 15 is 0 Å². The molecule has 104 valence electrons. The molecule has 4 heteroatoms. The van der Waals surface area contributed by atoms with Gasteiger partial charge in [-0.05, 0) is 38.4 Å². The molecule has 18 heavy (non-hydrogen) atoms. The molecule has 1 heterocycles. The van der Waals surface area contributed by atoms with Crippen molar-refractivity contribution in [3.8, 4) is 0 Å². The second-order valence-electron chi connectivity index (χ2n) is 6.23. The Labute approximate surface area is 114 Å². The summed E-state index contributed by atoms with van der Waals surface area (Å²) in [6.45, 7) is 3.69. The summed E-state index contributed by atoms with van der Waals surface area (Å²) in [6.07, 6.45) is 6.52. The van der Waals surface area contributed by atoms with Crippen LogP contribution >= 0.6 is 11.8 Å². The lowest BCUT2D eigenvalue weighted by Gasteiger charge is -2.61. The van der Waals surface area contributed by atoms with Crippen molar-refractivity contribution in [2.24, 2.45) is 5.41 Å². The van der Waals surface area contributed by atoms with E-state index in [1.54, 1.807) is 0 Å². The Bertz CT molecular complexity index is 300. The first kappa shape index (κ1) is 13.2. The quantitative estimate of drug-likeness (QED) is 0.800. The van der Waals surface area contributed by atoms with E-state index in [0.29, 0.717) is 17.6 Å². The highest BCUT2D eigenvalue weighted by Gasteiger charge is 2.58. The zero-order valence-corrected chi connectivity index (χ0v) is 12.1. The minimum absolute atomic E-state index is 0.415. The van der Waals surface area contributed by atoms with E-state index in [-0.39, 0.29) is 0 Å². The van der Waals surface area contributed by atoms with Crippen molar-refractivity contribution >= 4 is 11.8 Å². The second kappa shape index (κ2) is 4.97. The molecule has 0 bridgehead atoms. The summed E-state index contributed by atoms with van der Waals surface area (Å²) in [6, 6.07) is 0.581. The van der Waals surface area contributed by atoms with Crippen LogP contribution in [-0.4, -0.2) is 47.5 Å². The number of ether oxygens (including phenoxy) is 1. The molecule has 3 nitrogen and oxygen atoms in total. The number of thioether (sulfide) groups is 1. The van der Waals surface area contributed by atoms with Crippen LogP contribution in [0.15, 0.2) is 0 Å². The monoisotopic (exact) mass is 271 g/mol. The van der Waals surface area contributed by atoms with Gasteiger partial charge in [-0.3, -0.25) is 0 Å². The molecule has 2 saturated carbocycles. The maximum atomic E-state index is 10.4. The normalized spacial score (nSPS) is 41.7. The van der Waals surface area contributed by atoms with Crippen molar-refractivity contribution in [3.05, 3.63) is 0 Å². The van der Waals surface area contributed by atoms with Crippen LogP contribution in [0.5, 0.6) is 0 Å². The fraction of sp³-hybridized carbons (Fsp3) is 1.00. The molecule has 1 spiro atoms. The molecule has 0 aromatic heterocycles. The van der Waals surface area contributed by atoms with E-state index in [1.165, 1.54) is 19.3 Å². The first-order chi connectivity index (χ1) is 8.69. The summed E-state index contributed by atoms with van der Waals surface area (Å²) in [5.41, 5.74) is -0.0373. The highest BCUT2D eigenvalue weighted by Crippen LogP contribution is 2.57. The number of aliphatic hydroxyl groups is 1. The lowest BCUT2D eigenvalue weighted by atomic mass is 9.51. The van der Waals surface area contributed by atoms with Crippen molar-refractivity contribution in [2.75, 3.05) is 24.7 Å². The molecule has 0 amide bonds. The topological polar surface area (TPSA) is 41.5 Å². The summed E-state index contributed by atoms with van der Waals surface area (Å²) in [5, 5.41) is 14.0. The molecule has 0 aromatic rings. The average molecular weight is 271 g/mol. The molecule has 1 aliphatic heterocycles. The van der Waals surface area contributed by atoms with Crippen LogP contribution in [0.25, 0.3) is 0 Å². The molecule has 0 aromatic carbocycles. The second-order valence-corrected chi connectivity index (χ2v) is 7.33. The number of nitrogens with one attached hydrogen (secondary N) is 1. The Morgan fingerprint density at radius 3 is 2.78 bits per heavy atom. The van der Waals surface area contributed by atoms with Crippen LogP contribution in [0.3, 0.4) is 0 Å². The Kier molecular flexibility index (Phi) is 3.65. The zero-order chi connectivity index (χ0) is 12.6. The van der Waals surface area contributed by atoms with Gasteiger partial charge in [-0.2, -0.15) is 11.8 Å². The van der Waals surface area contributed by atoms with Crippen molar-refractivity contribution in [1.29, 1.82) is 0 Å². The Balaban J connectivity index is 1.52. The van der Waals surface area contributed by atoms with Gasteiger partial charge >= 0.3 is 0 Å². The molecule has 0 radical (unpaired) electrons. The van der Waals surface area contributed by atoms with E-state index < -0.39 is 5.60 Å². The molecular formula is C14H25NO2S. The standard InChI is InChI=1S/C14H25NO2S/c1-2-17-12-8-11(14(12)4-3-5-14)15-9-13(16)6-7-18-10-13/h11-12,15-16H,2-10H2,1H3/t11-,12+,13-/m0/s1. The maximum Gasteiger partial charge on any atom is 0.0869 e. The summed E-state index contributed by atoms with van der Waals surface area (Å²) < 4.78 is 5.86. The van der Waals surface area contributed by atoms with E-state index in [2.05, 4.69) is 12.2 Å². The minimum atomic E-state index is -0.452. The summed E-state index contributed by atoms with van der Waals surface area (Å²) in [5.74, 6) is 2.00. The van der Waals surface area contributed by atoms with Gasteiger partial charge in [-0.25, -0.2) is 0 Å². The van der Waals surface area contributed by atoms with Crippen molar-refractivity contribution in [1.82, 2.24) is 5.32 Å². The summed E-state index contributed by atoms with van der Waals surface area (Å²) >= 11 is 1.87. The molecule has 3 fully saturated rings. The Morgan fingerprint density at radius 1 is 1.39 bits per heavy atom. The summed E-state index contributed by atoms with van der Waals surface area (Å²) in [4.78, 5) is 0. The Hall–Kier alpha value is 0.230. The minimum Gasteiger partial charge on any atom is -0.388 e. The molecule has 2 aliphatic carbocycles. The van der Waals surface area contributed by atoms with Crippen LogP contribution in [-0.2, 0) is 4.74 Å². The molecule has 0 unspecified atom stereocenters. The van der Waals surface area contributed by atoms with Gasteiger partial charge in [0.2, 0.25) is 0 Å². The van der Waals surface area contributed by atoms with Crippen molar-refractivity contribution in [2.45, 2.75) is 56.8 Å². The molecule has 1 saturated heterocycles. The SMILES string of the molecule is CCO[C@@H]1C[C@H](NC[C@@]2(O)CCSC2)C12CCC2. The van der Waals surface area contributed by atoms with Crippen LogP contribution in [0.4, 0.5) is 0 Å². The number of hydrogen-bond donors (Lipinski definition) is 2.